The molecule has 0 N–H and O–H groups in total. The van der Waals surface area contributed by atoms with Gasteiger partial charge >= 0.3 is 0 Å². The highest BCUT2D eigenvalue weighted by Gasteiger charge is 2.20. The quantitative estimate of drug-likeness (QED) is 0.185. The average Bonchev–Trinajstić information content (AvgIpc) is 3.74. The minimum absolute atomic E-state index is 0.713. The molecule has 0 fully saturated rings. The number of para-hydroxylation sites is 1. The molecule has 234 valence electrons. The van der Waals surface area contributed by atoms with Gasteiger partial charge in [0.15, 0.2) is 5.82 Å². The molecular weight excluding hydrogens is 627 g/mol. The maximum atomic E-state index is 5.24. The number of aromatic nitrogens is 3. The van der Waals surface area contributed by atoms with Crippen molar-refractivity contribution in [2.24, 2.45) is 0 Å². The molecule has 0 spiro atoms. The van der Waals surface area contributed by atoms with Crippen molar-refractivity contribution in [3.05, 3.63) is 176 Å². The van der Waals surface area contributed by atoms with Crippen LogP contribution >= 0.6 is 11.3 Å². The zero-order valence-electron chi connectivity index (χ0n) is 27.0. The van der Waals surface area contributed by atoms with E-state index in [2.05, 4.69) is 156 Å². The second kappa shape index (κ2) is 11.7. The van der Waals surface area contributed by atoms with E-state index in [9.17, 15) is 0 Å². The summed E-state index contributed by atoms with van der Waals surface area (Å²) in [6, 6.07) is 62.5. The topological polar surface area (TPSA) is 30.7 Å². The van der Waals surface area contributed by atoms with Crippen LogP contribution in [0.5, 0.6) is 0 Å². The van der Waals surface area contributed by atoms with Crippen LogP contribution in [0.4, 0.5) is 0 Å². The van der Waals surface area contributed by atoms with Crippen LogP contribution in [-0.2, 0) is 0 Å². The van der Waals surface area contributed by atoms with Gasteiger partial charge in [-0.15, -0.1) is 11.3 Å². The molecule has 3 aromatic heterocycles. The van der Waals surface area contributed by atoms with Crippen molar-refractivity contribution in [1.29, 1.82) is 0 Å². The number of hydrogen-bond donors (Lipinski definition) is 0. The van der Waals surface area contributed by atoms with Crippen LogP contribution < -0.4 is 0 Å². The Morgan fingerprint density at radius 2 is 1.04 bits per heavy atom. The molecule has 0 radical (unpaired) electrons. The number of benzene rings is 7. The minimum Gasteiger partial charge on any atom is -0.309 e. The number of rotatable bonds is 5. The van der Waals surface area contributed by atoms with E-state index in [4.69, 9.17) is 9.97 Å². The molecule has 7 aromatic carbocycles. The van der Waals surface area contributed by atoms with Gasteiger partial charge in [-0.2, -0.15) is 0 Å². The smallest absolute Gasteiger partial charge is 0.160 e. The summed E-state index contributed by atoms with van der Waals surface area (Å²) in [7, 11) is 0. The molecule has 0 atom stereocenters. The Bertz CT molecular complexity index is 2800. The molecule has 0 aliphatic carbocycles. The number of thiophene rings is 1. The van der Waals surface area contributed by atoms with Gasteiger partial charge in [-0.25, -0.2) is 9.97 Å². The van der Waals surface area contributed by atoms with Gasteiger partial charge in [-0.1, -0.05) is 140 Å². The Morgan fingerprint density at radius 3 is 1.82 bits per heavy atom. The van der Waals surface area contributed by atoms with Gasteiger partial charge in [-0.05, 0) is 42.0 Å². The fraction of sp³-hybridized carbons (Fsp3) is 0. The number of nitrogens with zero attached hydrogens (tertiary/aromatic N) is 3. The summed E-state index contributed by atoms with van der Waals surface area (Å²) in [5.74, 6) is 0.713. The van der Waals surface area contributed by atoms with Crippen LogP contribution in [-0.4, -0.2) is 14.5 Å². The van der Waals surface area contributed by atoms with E-state index in [0.717, 1.165) is 44.8 Å². The lowest BCUT2D eigenvalue weighted by Gasteiger charge is -2.13. The Hall–Kier alpha value is -6.36. The maximum absolute atomic E-state index is 5.24. The highest BCUT2D eigenvalue weighted by molar-refractivity contribution is 7.26. The van der Waals surface area contributed by atoms with E-state index in [1.807, 2.05) is 35.6 Å². The van der Waals surface area contributed by atoms with Gasteiger partial charge in [0.1, 0.15) is 0 Å². The lowest BCUT2D eigenvalue weighted by atomic mass is 10.0. The second-order valence-corrected chi connectivity index (χ2v) is 13.6. The second-order valence-electron chi connectivity index (χ2n) is 12.6. The number of fused-ring (bicyclic) bond motifs is 6. The summed E-state index contributed by atoms with van der Waals surface area (Å²) in [6.45, 7) is 0. The molecule has 3 heterocycles. The van der Waals surface area contributed by atoms with Gasteiger partial charge in [0.05, 0.1) is 22.4 Å². The summed E-state index contributed by atoms with van der Waals surface area (Å²) in [6.07, 6.45) is 0. The lowest BCUT2D eigenvalue weighted by molar-refractivity contribution is 1.18. The van der Waals surface area contributed by atoms with Gasteiger partial charge < -0.3 is 4.57 Å². The predicted molar refractivity (Wildman–Crippen MR) is 211 cm³/mol. The Morgan fingerprint density at radius 1 is 0.420 bits per heavy atom. The predicted octanol–water partition coefficient (Wildman–Crippen LogP) is 12.6. The van der Waals surface area contributed by atoms with Crippen molar-refractivity contribution in [3.8, 4) is 50.7 Å². The summed E-state index contributed by atoms with van der Waals surface area (Å²) >= 11 is 1.87. The first-order valence-corrected chi connectivity index (χ1v) is 17.7. The fourth-order valence-corrected chi connectivity index (χ4v) is 8.56. The number of hydrogen-bond acceptors (Lipinski definition) is 3. The van der Waals surface area contributed by atoms with Crippen molar-refractivity contribution in [2.75, 3.05) is 0 Å². The molecule has 10 rings (SSSR count). The molecule has 50 heavy (non-hydrogen) atoms. The normalized spacial score (nSPS) is 11.6. The first-order valence-electron chi connectivity index (χ1n) is 16.8. The lowest BCUT2D eigenvalue weighted by Crippen LogP contribution is -1.97. The zero-order chi connectivity index (χ0) is 33.0. The maximum Gasteiger partial charge on any atom is 0.160 e. The third-order valence-corrected chi connectivity index (χ3v) is 10.8. The molecule has 0 aliphatic heterocycles. The van der Waals surface area contributed by atoms with Gasteiger partial charge in [0.2, 0.25) is 0 Å². The van der Waals surface area contributed by atoms with Crippen LogP contribution in [0.2, 0.25) is 0 Å². The molecule has 4 heteroatoms. The molecule has 0 bridgehead atoms. The van der Waals surface area contributed by atoms with E-state index < -0.39 is 0 Å². The van der Waals surface area contributed by atoms with Crippen molar-refractivity contribution < 1.29 is 0 Å². The van der Waals surface area contributed by atoms with Crippen molar-refractivity contribution in [1.82, 2.24) is 14.5 Å². The molecule has 0 unspecified atom stereocenters. The standard InChI is InChI=1S/C46H29N3S/c1-4-15-30(16-5-1)37-27-33(28-38-34-21-11-13-26-43(34)50-45(37)38)49-41-24-12-10-22-36(41)44-35(23-14-25-42(44)49)40-29-39(31-17-6-2-7-18-31)47-46(48-40)32-19-8-3-9-20-32/h1-29H. The Kier molecular flexibility index (Phi) is 6.68. The Balaban J connectivity index is 1.27. The summed E-state index contributed by atoms with van der Waals surface area (Å²) < 4.78 is 5.04. The van der Waals surface area contributed by atoms with Crippen molar-refractivity contribution >= 4 is 53.3 Å². The highest BCUT2D eigenvalue weighted by Crippen LogP contribution is 2.44. The van der Waals surface area contributed by atoms with Gasteiger partial charge in [0.25, 0.3) is 0 Å². The Labute approximate surface area is 293 Å². The molecular formula is C46H29N3S. The van der Waals surface area contributed by atoms with Crippen molar-refractivity contribution in [3.63, 3.8) is 0 Å². The van der Waals surface area contributed by atoms with Crippen LogP contribution in [0, 0.1) is 0 Å². The average molecular weight is 656 g/mol. The monoisotopic (exact) mass is 655 g/mol. The SMILES string of the molecule is c1ccc(-c2cc(-c3cccc4c3c3ccccc3n4-c3cc(-c4ccccc4)c4sc5ccccc5c4c3)nc(-c3ccccc3)n2)cc1. The molecule has 0 amide bonds. The molecule has 0 saturated heterocycles. The van der Waals surface area contributed by atoms with Gasteiger partial charge in [-0.3, -0.25) is 0 Å². The van der Waals surface area contributed by atoms with E-state index >= 15 is 0 Å². The third kappa shape index (κ3) is 4.65. The highest BCUT2D eigenvalue weighted by atomic mass is 32.1. The molecule has 0 aliphatic rings. The summed E-state index contributed by atoms with van der Waals surface area (Å²) in [5, 5.41) is 4.93. The summed E-state index contributed by atoms with van der Waals surface area (Å²) in [5.41, 5.74) is 10.8. The fourth-order valence-electron chi connectivity index (χ4n) is 7.34. The molecule has 3 nitrogen and oxygen atoms in total. The first-order chi connectivity index (χ1) is 24.8. The third-order valence-electron chi connectivity index (χ3n) is 9.61. The zero-order valence-corrected chi connectivity index (χ0v) is 27.8. The molecule has 0 saturated carbocycles. The molecule has 10 aromatic rings. The van der Waals surface area contributed by atoms with Crippen molar-refractivity contribution in [2.45, 2.75) is 0 Å². The van der Waals surface area contributed by atoms with E-state index in [0.29, 0.717) is 5.82 Å². The van der Waals surface area contributed by atoms with Crippen LogP contribution in [0.15, 0.2) is 176 Å². The van der Waals surface area contributed by atoms with Crippen LogP contribution in [0.3, 0.4) is 0 Å². The van der Waals surface area contributed by atoms with Gasteiger partial charge in [0, 0.05) is 58.9 Å². The van der Waals surface area contributed by atoms with Crippen LogP contribution in [0.1, 0.15) is 0 Å². The largest absolute Gasteiger partial charge is 0.309 e. The first kappa shape index (κ1) is 28.6. The summed E-state index contributed by atoms with van der Waals surface area (Å²) in [4.78, 5) is 10.3. The van der Waals surface area contributed by atoms with E-state index in [1.165, 1.54) is 42.1 Å². The van der Waals surface area contributed by atoms with Crippen LogP contribution in [0.25, 0.3) is 92.7 Å². The van der Waals surface area contributed by atoms with E-state index in [1.54, 1.807) is 0 Å². The minimum atomic E-state index is 0.713. The van der Waals surface area contributed by atoms with E-state index in [-0.39, 0.29) is 0 Å².